The Bertz CT molecular complexity index is 562. The summed E-state index contributed by atoms with van der Waals surface area (Å²) < 4.78 is 17.7. The third-order valence-electron chi connectivity index (χ3n) is 2.73. The van der Waals surface area contributed by atoms with Gasteiger partial charge in [-0.05, 0) is 24.6 Å². The van der Waals surface area contributed by atoms with Crippen LogP contribution in [0.3, 0.4) is 0 Å². The van der Waals surface area contributed by atoms with Gasteiger partial charge in [-0.3, -0.25) is 14.4 Å². The monoisotopic (exact) mass is 329 g/mol. The molecule has 7 heteroatoms. The fourth-order valence-electron chi connectivity index (χ4n) is 1.67. The minimum absolute atomic E-state index is 0.0264. The minimum atomic E-state index is -0.551. The fourth-order valence-corrected chi connectivity index (χ4v) is 1.88. The third-order valence-corrected chi connectivity index (χ3v) is 3.02. The first-order valence-corrected chi connectivity index (χ1v) is 7.18. The molecule has 1 amide bonds. The Kier molecular flexibility index (Phi) is 7.52. The SMILES string of the molecule is CCOC(=O)CCC(=O)NCC(=O)Cc1ccc(F)c(Cl)c1. The van der Waals surface area contributed by atoms with Gasteiger partial charge in [-0.1, -0.05) is 17.7 Å². The first-order chi connectivity index (χ1) is 10.4. The molecule has 0 bridgehead atoms. The summed E-state index contributed by atoms with van der Waals surface area (Å²) in [5.41, 5.74) is 0.567. The van der Waals surface area contributed by atoms with Crippen molar-refractivity contribution in [2.45, 2.75) is 26.2 Å². The van der Waals surface area contributed by atoms with E-state index in [0.717, 1.165) is 0 Å². The first kappa shape index (κ1) is 18.1. The van der Waals surface area contributed by atoms with Crippen LogP contribution in [0.2, 0.25) is 5.02 Å². The highest BCUT2D eigenvalue weighted by Gasteiger charge is 2.10. The van der Waals surface area contributed by atoms with Crippen LogP contribution in [-0.2, 0) is 25.5 Å². The highest BCUT2D eigenvalue weighted by molar-refractivity contribution is 6.30. The summed E-state index contributed by atoms with van der Waals surface area (Å²) >= 11 is 5.62. The van der Waals surface area contributed by atoms with E-state index < -0.39 is 17.7 Å². The van der Waals surface area contributed by atoms with E-state index in [2.05, 4.69) is 10.1 Å². The van der Waals surface area contributed by atoms with Crippen molar-refractivity contribution in [3.8, 4) is 0 Å². The number of benzene rings is 1. The number of ketones is 1. The van der Waals surface area contributed by atoms with E-state index in [0.29, 0.717) is 5.56 Å². The summed E-state index contributed by atoms with van der Waals surface area (Å²) in [6.45, 7) is 1.79. The van der Waals surface area contributed by atoms with E-state index in [1.165, 1.54) is 18.2 Å². The van der Waals surface area contributed by atoms with Crippen LogP contribution in [0.15, 0.2) is 18.2 Å². The maximum Gasteiger partial charge on any atom is 0.306 e. The zero-order chi connectivity index (χ0) is 16.5. The Labute approximate surface area is 132 Å². The van der Waals surface area contributed by atoms with Gasteiger partial charge in [0.25, 0.3) is 0 Å². The largest absolute Gasteiger partial charge is 0.466 e. The summed E-state index contributed by atoms with van der Waals surface area (Å²) in [4.78, 5) is 34.3. The number of hydrogen-bond acceptors (Lipinski definition) is 4. The van der Waals surface area contributed by atoms with Gasteiger partial charge in [0.15, 0.2) is 5.78 Å². The number of carbonyl (C=O) groups excluding carboxylic acids is 3. The predicted octanol–water partition coefficient (Wildman–Crippen LogP) is 2.05. The second kappa shape index (κ2) is 9.15. The number of carbonyl (C=O) groups is 3. The average molecular weight is 330 g/mol. The van der Waals surface area contributed by atoms with Crippen LogP contribution >= 0.6 is 11.6 Å². The first-order valence-electron chi connectivity index (χ1n) is 6.80. The number of halogens is 2. The fraction of sp³-hybridized carbons (Fsp3) is 0.400. The molecule has 0 spiro atoms. The summed E-state index contributed by atoms with van der Waals surface area (Å²) in [5, 5.41) is 2.37. The van der Waals surface area contributed by atoms with E-state index in [4.69, 9.17) is 11.6 Å². The number of esters is 1. The molecule has 0 heterocycles. The van der Waals surface area contributed by atoms with Crippen molar-refractivity contribution in [1.29, 1.82) is 0 Å². The molecule has 0 unspecified atom stereocenters. The molecule has 1 rings (SSSR count). The lowest BCUT2D eigenvalue weighted by molar-refractivity contribution is -0.144. The topological polar surface area (TPSA) is 72.5 Å². The molecule has 0 saturated heterocycles. The average Bonchev–Trinajstić information content (AvgIpc) is 2.47. The van der Waals surface area contributed by atoms with Gasteiger partial charge in [0.05, 0.1) is 24.6 Å². The van der Waals surface area contributed by atoms with Gasteiger partial charge in [0, 0.05) is 12.8 Å². The highest BCUT2D eigenvalue weighted by Crippen LogP contribution is 2.16. The molecule has 1 N–H and O–H groups in total. The standard InChI is InChI=1S/C15H17ClFNO4/c1-2-22-15(21)6-5-14(20)18-9-11(19)7-10-3-4-13(17)12(16)8-10/h3-4,8H,2,5-7,9H2,1H3,(H,18,20). The van der Waals surface area contributed by atoms with E-state index in [1.54, 1.807) is 6.92 Å². The maximum atomic E-state index is 13.0. The number of ether oxygens (including phenoxy) is 1. The Hall–Kier alpha value is -1.95. The molecule has 1 aromatic rings. The smallest absolute Gasteiger partial charge is 0.306 e. The second-order valence-electron chi connectivity index (χ2n) is 4.55. The van der Waals surface area contributed by atoms with Crippen LogP contribution < -0.4 is 5.32 Å². The molecule has 0 radical (unpaired) electrons. The molecule has 0 aromatic heterocycles. The quantitative estimate of drug-likeness (QED) is 0.741. The number of Topliss-reactive ketones (excluding diaryl/α,β-unsaturated/α-hetero) is 1. The van der Waals surface area contributed by atoms with Gasteiger partial charge in [0.1, 0.15) is 5.82 Å². The molecule has 0 fully saturated rings. The van der Waals surface area contributed by atoms with E-state index in [-0.39, 0.29) is 43.2 Å². The van der Waals surface area contributed by atoms with Crippen molar-refractivity contribution >= 4 is 29.3 Å². The molecular weight excluding hydrogens is 313 g/mol. The molecule has 0 saturated carbocycles. The normalized spacial score (nSPS) is 10.1. The van der Waals surface area contributed by atoms with Crippen molar-refractivity contribution < 1.29 is 23.5 Å². The van der Waals surface area contributed by atoms with E-state index in [9.17, 15) is 18.8 Å². The summed E-state index contributed by atoms with van der Waals surface area (Å²) in [6, 6.07) is 4.02. The Morgan fingerprint density at radius 2 is 2.00 bits per heavy atom. The lowest BCUT2D eigenvalue weighted by Gasteiger charge is -2.05. The summed E-state index contributed by atoms with van der Waals surface area (Å²) in [5.74, 6) is -1.65. The van der Waals surface area contributed by atoms with Crippen molar-refractivity contribution in [2.75, 3.05) is 13.2 Å². The summed E-state index contributed by atoms with van der Waals surface area (Å²) in [6.07, 6.45) is -0.0198. The predicted molar refractivity (Wildman–Crippen MR) is 79.0 cm³/mol. The van der Waals surface area contributed by atoms with Crippen LogP contribution in [0, 0.1) is 5.82 Å². The molecule has 0 atom stereocenters. The number of nitrogens with one attached hydrogen (secondary N) is 1. The van der Waals surface area contributed by atoms with E-state index in [1.807, 2.05) is 0 Å². The number of hydrogen-bond donors (Lipinski definition) is 1. The molecule has 1 aromatic carbocycles. The molecule has 0 aliphatic rings. The van der Waals surface area contributed by atoms with Gasteiger partial charge in [-0.15, -0.1) is 0 Å². The van der Waals surface area contributed by atoms with Crippen LogP contribution in [0.25, 0.3) is 0 Å². The van der Waals surface area contributed by atoms with Crippen molar-refractivity contribution in [3.05, 3.63) is 34.6 Å². The Balaban J connectivity index is 2.31. The molecule has 120 valence electrons. The van der Waals surface area contributed by atoms with Gasteiger partial charge < -0.3 is 10.1 Å². The zero-order valence-electron chi connectivity index (χ0n) is 12.2. The lowest BCUT2D eigenvalue weighted by Crippen LogP contribution is -2.30. The molecule has 5 nitrogen and oxygen atoms in total. The van der Waals surface area contributed by atoms with E-state index >= 15 is 0 Å². The zero-order valence-corrected chi connectivity index (χ0v) is 12.9. The van der Waals surface area contributed by atoms with Gasteiger partial charge >= 0.3 is 5.97 Å². The van der Waals surface area contributed by atoms with Crippen molar-refractivity contribution in [1.82, 2.24) is 5.32 Å². The number of amides is 1. The van der Waals surface area contributed by atoms with Crippen LogP contribution in [-0.4, -0.2) is 30.8 Å². The maximum absolute atomic E-state index is 13.0. The van der Waals surface area contributed by atoms with Crippen molar-refractivity contribution in [2.24, 2.45) is 0 Å². The van der Waals surface area contributed by atoms with Crippen LogP contribution in [0.1, 0.15) is 25.3 Å². The molecule has 22 heavy (non-hydrogen) atoms. The molecule has 0 aliphatic carbocycles. The molecule has 0 aliphatic heterocycles. The lowest BCUT2D eigenvalue weighted by atomic mass is 10.1. The van der Waals surface area contributed by atoms with Gasteiger partial charge in [-0.25, -0.2) is 4.39 Å². The molecular formula is C15H17ClFNO4. The minimum Gasteiger partial charge on any atom is -0.466 e. The second-order valence-corrected chi connectivity index (χ2v) is 4.95. The third kappa shape index (κ3) is 6.67. The Morgan fingerprint density at radius 1 is 1.27 bits per heavy atom. The van der Waals surface area contributed by atoms with Crippen LogP contribution in [0.5, 0.6) is 0 Å². The highest BCUT2D eigenvalue weighted by atomic mass is 35.5. The number of rotatable bonds is 8. The van der Waals surface area contributed by atoms with Crippen LogP contribution in [0.4, 0.5) is 4.39 Å². The Morgan fingerprint density at radius 3 is 2.64 bits per heavy atom. The summed E-state index contributed by atoms with van der Waals surface area (Å²) in [7, 11) is 0. The van der Waals surface area contributed by atoms with Gasteiger partial charge in [0.2, 0.25) is 5.91 Å². The van der Waals surface area contributed by atoms with Crippen molar-refractivity contribution in [3.63, 3.8) is 0 Å². The van der Waals surface area contributed by atoms with Gasteiger partial charge in [-0.2, -0.15) is 0 Å².